The standard InChI is InChI=1S/C27H29ClF3N3O6S/c1-34-11-17(35)10-22(34)26(37)32-12-27(38)14-5-15(27)7-18(6-14)41(39,40)23-4-13(2-3-19(23)28)25(36)33-16-8-20(29)24(31)21(30)9-16/h2-4,8-9,14-15,17-18,22,35,38H,5-7,10-12H2,1H3,(H,32,37)(H,33,36)/t14?,15?,17-,18?,22+,27?/m1/s1. The van der Waals surface area contributed by atoms with E-state index in [4.69, 9.17) is 11.6 Å². The number of benzene rings is 2. The van der Waals surface area contributed by atoms with Gasteiger partial charge in [-0.05, 0) is 62.8 Å². The van der Waals surface area contributed by atoms with Crippen LogP contribution in [0.25, 0.3) is 0 Å². The van der Waals surface area contributed by atoms with Crippen molar-refractivity contribution in [1.82, 2.24) is 10.2 Å². The highest BCUT2D eigenvalue weighted by atomic mass is 35.5. The summed E-state index contributed by atoms with van der Waals surface area (Å²) in [5, 5.41) is 25.1. The van der Waals surface area contributed by atoms with Crippen molar-refractivity contribution in [3.8, 4) is 0 Å². The fraction of sp³-hybridized carbons (Fsp3) is 0.481. The highest BCUT2D eigenvalue weighted by Crippen LogP contribution is 2.55. The molecule has 2 aromatic carbocycles. The van der Waals surface area contributed by atoms with Gasteiger partial charge in [-0.15, -0.1) is 0 Å². The number of aliphatic hydroxyl groups is 2. The molecule has 14 heteroatoms. The Labute approximate surface area is 239 Å². The van der Waals surface area contributed by atoms with E-state index < -0.39 is 56.2 Å². The summed E-state index contributed by atoms with van der Waals surface area (Å²) < 4.78 is 67.5. The Bertz CT molecular complexity index is 1470. The highest BCUT2D eigenvalue weighted by molar-refractivity contribution is 7.92. The molecule has 2 unspecified atom stereocenters. The lowest BCUT2D eigenvalue weighted by atomic mass is 9.53. The number of nitrogens with zero attached hydrogens (tertiary/aromatic N) is 1. The van der Waals surface area contributed by atoms with Crippen molar-refractivity contribution >= 4 is 38.9 Å². The number of nitrogens with one attached hydrogen (secondary N) is 2. The van der Waals surface area contributed by atoms with Gasteiger partial charge >= 0.3 is 0 Å². The number of hydrogen-bond donors (Lipinski definition) is 4. The third-order valence-electron chi connectivity index (χ3n) is 8.63. The quantitative estimate of drug-likeness (QED) is 0.352. The van der Waals surface area contributed by atoms with Crippen LogP contribution in [0, 0.1) is 29.3 Å². The van der Waals surface area contributed by atoms with E-state index in [2.05, 4.69) is 10.6 Å². The lowest BCUT2D eigenvalue weighted by Crippen LogP contribution is -2.66. The minimum atomic E-state index is -4.07. The number of likely N-dealkylation sites (tertiary alicyclic amines) is 1. The normalized spacial score (nSPS) is 29.6. The van der Waals surface area contributed by atoms with E-state index in [-0.39, 0.29) is 58.3 Å². The third-order valence-corrected chi connectivity index (χ3v) is 11.3. The summed E-state index contributed by atoms with van der Waals surface area (Å²) >= 11 is 6.23. The summed E-state index contributed by atoms with van der Waals surface area (Å²) in [4.78, 5) is 26.8. The van der Waals surface area contributed by atoms with Crippen LogP contribution in [0.4, 0.5) is 18.9 Å². The maximum absolute atomic E-state index is 13.6. The van der Waals surface area contributed by atoms with Crippen molar-refractivity contribution in [2.24, 2.45) is 11.8 Å². The molecule has 1 aliphatic heterocycles. The Hall–Kier alpha value is -2.71. The van der Waals surface area contributed by atoms with E-state index in [9.17, 15) is 41.4 Å². The van der Waals surface area contributed by atoms with E-state index in [1.54, 1.807) is 11.9 Å². The molecule has 9 nitrogen and oxygen atoms in total. The monoisotopic (exact) mass is 615 g/mol. The van der Waals surface area contributed by atoms with E-state index in [0.29, 0.717) is 31.5 Å². The molecule has 3 saturated carbocycles. The first-order valence-corrected chi connectivity index (χ1v) is 15.0. The van der Waals surface area contributed by atoms with Gasteiger partial charge in [-0.2, -0.15) is 0 Å². The van der Waals surface area contributed by atoms with Crippen LogP contribution < -0.4 is 10.6 Å². The molecule has 1 heterocycles. The smallest absolute Gasteiger partial charge is 0.255 e. The van der Waals surface area contributed by atoms with Gasteiger partial charge in [0.15, 0.2) is 27.3 Å². The first-order chi connectivity index (χ1) is 19.2. The molecule has 4 fully saturated rings. The summed E-state index contributed by atoms with van der Waals surface area (Å²) in [6.45, 7) is 0.345. The molecule has 0 spiro atoms. The fourth-order valence-corrected chi connectivity index (χ4v) is 8.70. The summed E-state index contributed by atoms with van der Waals surface area (Å²) in [6, 6.07) is 4.22. The zero-order valence-electron chi connectivity index (χ0n) is 21.9. The van der Waals surface area contributed by atoms with Gasteiger partial charge in [0.2, 0.25) is 5.91 Å². The molecule has 0 radical (unpaired) electrons. The minimum Gasteiger partial charge on any atom is -0.392 e. The van der Waals surface area contributed by atoms with Crippen LogP contribution in [0.3, 0.4) is 0 Å². The molecular formula is C27H29ClF3N3O6S. The average Bonchev–Trinajstić information content (AvgIpc) is 3.27. The molecule has 1 saturated heterocycles. The Kier molecular flexibility index (Phi) is 7.88. The molecule has 0 aromatic heterocycles. The number of aliphatic hydroxyl groups excluding tert-OH is 1. The number of anilines is 1. The number of rotatable bonds is 7. The zero-order chi connectivity index (χ0) is 29.9. The van der Waals surface area contributed by atoms with Crippen LogP contribution >= 0.6 is 11.6 Å². The van der Waals surface area contributed by atoms with E-state index in [1.165, 1.54) is 12.1 Å². The number of halogens is 4. The largest absolute Gasteiger partial charge is 0.392 e. The molecular weight excluding hydrogens is 587 g/mol. The number of likely N-dealkylation sites (N-methyl/N-ethyl adjacent to an activating group) is 1. The fourth-order valence-electron chi connectivity index (χ4n) is 6.30. The minimum absolute atomic E-state index is 0.0324. The molecule has 2 amide bonds. The summed E-state index contributed by atoms with van der Waals surface area (Å²) in [6.07, 6.45) is 0.533. The molecule has 4 N–H and O–H groups in total. The molecule has 4 atom stereocenters. The van der Waals surface area contributed by atoms with Crippen molar-refractivity contribution in [3.63, 3.8) is 0 Å². The molecule has 2 aromatic rings. The van der Waals surface area contributed by atoms with Gasteiger partial charge in [-0.25, -0.2) is 21.6 Å². The SMILES string of the molecule is CN1C[C@H](O)C[C@H]1C(=O)NCC1(O)C2CC1CC(S(=O)(=O)c1cc(C(=O)Nc3cc(F)c(F)c(F)c3)ccc1Cl)C2. The number of β-amino-alcohol motifs (C(OH)–C–C–N with tert-alkyl or cyclic N) is 1. The molecule has 2 bridgehead atoms. The van der Waals surface area contributed by atoms with Crippen LogP contribution in [-0.2, 0) is 14.6 Å². The second-order valence-corrected chi connectivity index (χ2v) is 13.8. The van der Waals surface area contributed by atoms with Crippen molar-refractivity contribution in [3.05, 3.63) is 58.4 Å². The summed E-state index contributed by atoms with van der Waals surface area (Å²) in [5.41, 5.74) is -1.77. The number of amides is 2. The number of carbonyl (C=O) groups is 2. The second kappa shape index (κ2) is 10.8. The van der Waals surface area contributed by atoms with Crippen molar-refractivity contribution < 1.29 is 41.4 Å². The van der Waals surface area contributed by atoms with Gasteiger partial charge in [0, 0.05) is 36.5 Å². The van der Waals surface area contributed by atoms with Gasteiger partial charge in [0.05, 0.1) is 32.9 Å². The van der Waals surface area contributed by atoms with E-state index in [0.717, 1.165) is 6.07 Å². The summed E-state index contributed by atoms with van der Waals surface area (Å²) in [7, 11) is -2.33. The maximum atomic E-state index is 13.6. The van der Waals surface area contributed by atoms with E-state index >= 15 is 0 Å². The van der Waals surface area contributed by atoms with Crippen LogP contribution in [-0.4, -0.2) is 78.5 Å². The predicted octanol–water partition coefficient (Wildman–Crippen LogP) is 2.49. The maximum Gasteiger partial charge on any atom is 0.255 e. The number of carbonyl (C=O) groups excluding carboxylic acids is 2. The number of fused-ring (bicyclic) bond motifs is 2. The zero-order valence-corrected chi connectivity index (χ0v) is 23.5. The van der Waals surface area contributed by atoms with Crippen molar-refractivity contribution in [2.45, 2.75) is 53.6 Å². The van der Waals surface area contributed by atoms with Crippen molar-refractivity contribution in [2.75, 3.05) is 25.5 Å². The molecule has 4 aliphatic rings. The van der Waals surface area contributed by atoms with Gasteiger partial charge in [0.25, 0.3) is 5.91 Å². The molecule has 3 aliphatic carbocycles. The molecule has 222 valence electrons. The van der Waals surface area contributed by atoms with E-state index in [1.807, 2.05) is 0 Å². The van der Waals surface area contributed by atoms with Crippen LogP contribution in [0.1, 0.15) is 36.0 Å². The Morgan fingerprint density at radius 2 is 1.71 bits per heavy atom. The van der Waals surface area contributed by atoms with Gasteiger partial charge in [-0.3, -0.25) is 14.5 Å². The van der Waals surface area contributed by atoms with Crippen LogP contribution in [0.15, 0.2) is 35.2 Å². The lowest BCUT2D eigenvalue weighted by molar-refractivity contribution is -0.174. The summed E-state index contributed by atoms with van der Waals surface area (Å²) in [5.74, 6) is -6.66. The van der Waals surface area contributed by atoms with Crippen molar-refractivity contribution in [1.29, 1.82) is 0 Å². The number of hydrogen-bond acceptors (Lipinski definition) is 7. The first-order valence-electron chi connectivity index (χ1n) is 13.1. The van der Waals surface area contributed by atoms with Gasteiger partial charge in [0.1, 0.15) is 0 Å². The topological polar surface area (TPSA) is 136 Å². The van der Waals surface area contributed by atoms with Gasteiger partial charge < -0.3 is 20.8 Å². The molecule has 6 rings (SSSR count). The lowest BCUT2D eigenvalue weighted by Gasteiger charge is -2.58. The Balaban J connectivity index is 1.27. The van der Waals surface area contributed by atoms with Crippen LogP contribution in [0.2, 0.25) is 5.02 Å². The van der Waals surface area contributed by atoms with Gasteiger partial charge in [-0.1, -0.05) is 11.6 Å². The highest BCUT2D eigenvalue weighted by Gasteiger charge is 2.60. The van der Waals surface area contributed by atoms with Crippen LogP contribution in [0.5, 0.6) is 0 Å². The number of sulfone groups is 1. The average molecular weight is 616 g/mol. The predicted molar refractivity (Wildman–Crippen MR) is 143 cm³/mol. The second-order valence-electron chi connectivity index (χ2n) is 11.2. The Morgan fingerprint density at radius 1 is 1.07 bits per heavy atom. The third kappa shape index (κ3) is 5.45. The Morgan fingerprint density at radius 3 is 2.29 bits per heavy atom. The first kappa shape index (κ1) is 29.8. The molecule has 41 heavy (non-hydrogen) atoms.